The zero-order chi connectivity index (χ0) is 12.4. The molecule has 0 saturated carbocycles. The molecule has 0 bridgehead atoms. The highest BCUT2D eigenvalue weighted by Crippen LogP contribution is 2.17. The largest absolute Gasteiger partial charge is 0.549 e. The fourth-order valence-corrected chi connectivity index (χ4v) is 1.76. The van der Waals surface area contributed by atoms with Gasteiger partial charge in [0.1, 0.15) is 0 Å². The number of nitrogens with one attached hydrogen (secondary N) is 1. The van der Waals surface area contributed by atoms with Crippen molar-refractivity contribution in [2.45, 2.75) is 13.3 Å². The van der Waals surface area contributed by atoms with Crippen LogP contribution in [0.1, 0.15) is 23.7 Å². The van der Waals surface area contributed by atoms with Crippen LogP contribution in [-0.4, -0.2) is 21.9 Å². The number of H-pyrrole nitrogens is 1. The second-order valence-corrected chi connectivity index (χ2v) is 3.82. The Balaban J connectivity index is 2.38. The number of nitrogens with zero attached hydrogens (tertiary/aromatic N) is 1. The number of Topliss-reactive ketones (excluding diaryl/α,β-unsaturated/α-hetero) is 1. The number of aromatic amines is 1. The van der Waals surface area contributed by atoms with Gasteiger partial charge in [-0.2, -0.15) is 5.10 Å². The molecule has 1 aromatic heterocycles. The number of carboxylic acid groups (broad SMARTS) is 1. The zero-order valence-electron chi connectivity index (χ0n) is 9.27. The van der Waals surface area contributed by atoms with E-state index < -0.39 is 17.7 Å². The van der Waals surface area contributed by atoms with Crippen LogP contribution in [0.3, 0.4) is 0 Å². The predicted octanol–water partition coefficient (Wildman–Crippen LogP) is 0.522. The Kier molecular flexibility index (Phi) is 2.91. The van der Waals surface area contributed by atoms with Crippen molar-refractivity contribution in [3.8, 4) is 0 Å². The van der Waals surface area contributed by atoms with Gasteiger partial charge in [-0.15, -0.1) is 0 Å². The lowest BCUT2D eigenvalue weighted by Crippen LogP contribution is -2.36. The molecule has 0 saturated heterocycles. The molecule has 2 aromatic rings. The maximum absolute atomic E-state index is 11.9. The molecule has 5 nitrogen and oxygen atoms in total. The quantitative estimate of drug-likeness (QED) is 0.614. The number of benzene rings is 1. The van der Waals surface area contributed by atoms with E-state index >= 15 is 0 Å². The molecule has 0 aliphatic carbocycles. The Morgan fingerprint density at radius 3 is 2.88 bits per heavy atom. The van der Waals surface area contributed by atoms with Crippen LogP contribution in [-0.2, 0) is 4.79 Å². The average Bonchev–Trinajstić information content (AvgIpc) is 2.75. The SMILES string of the molecule is CCC(C(=O)[O-])C(=O)c1ccc2[nH]ncc2c1. The van der Waals surface area contributed by atoms with E-state index in [9.17, 15) is 14.7 Å². The van der Waals surface area contributed by atoms with Gasteiger partial charge in [-0.1, -0.05) is 6.92 Å². The van der Waals surface area contributed by atoms with Gasteiger partial charge in [0, 0.05) is 10.9 Å². The molecule has 1 heterocycles. The lowest BCUT2D eigenvalue weighted by Gasteiger charge is -2.14. The van der Waals surface area contributed by atoms with Crippen LogP contribution in [0.2, 0.25) is 0 Å². The fourth-order valence-electron chi connectivity index (χ4n) is 1.76. The number of aliphatic carboxylic acids is 1. The molecule has 2 rings (SSSR count). The van der Waals surface area contributed by atoms with E-state index in [1.165, 1.54) is 0 Å². The van der Waals surface area contributed by atoms with Crippen molar-refractivity contribution in [2.75, 3.05) is 0 Å². The number of hydrogen-bond acceptors (Lipinski definition) is 4. The van der Waals surface area contributed by atoms with Crippen LogP contribution in [0.5, 0.6) is 0 Å². The molecule has 0 spiro atoms. The number of carbonyl (C=O) groups is 2. The minimum Gasteiger partial charge on any atom is -0.549 e. The van der Waals surface area contributed by atoms with E-state index in [1.54, 1.807) is 31.3 Å². The summed E-state index contributed by atoms with van der Waals surface area (Å²) in [5, 5.41) is 18.2. The Morgan fingerprint density at radius 1 is 1.47 bits per heavy atom. The highest BCUT2D eigenvalue weighted by atomic mass is 16.4. The molecule has 1 atom stereocenters. The lowest BCUT2D eigenvalue weighted by atomic mass is 9.95. The summed E-state index contributed by atoms with van der Waals surface area (Å²) in [6.07, 6.45) is 1.82. The van der Waals surface area contributed by atoms with Crippen LogP contribution >= 0.6 is 0 Å². The molecular weight excluding hydrogens is 220 g/mol. The molecule has 1 unspecified atom stereocenters. The van der Waals surface area contributed by atoms with Gasteiger partial charge in [-0.25, -0.2) is 0 Å². The molecule has 17 heavy (non-hydrogen) atoms. The van der Waals surface area contributed by atoms with Crippen molar-refractivity contribution < 1.29 is 14.7 Å². The third-order valence-electron chi connectivity index (χ3n) is 2.73. The lowest BCUT2D eigenvalue weighted by molar-refractivity contribution is -0.309. The van der Waals surface area contributed by atoms with Gasteiger partial charge in [-0.05, 0) is 24.6 Å². The van der Waals surface area contributed by atoms with Gasteiger partial charge in [0.2, 0.25) is 0 Å². The average molecular weight is 231 g/mol. The van der Waals surface area contributed by atoms with Crippen molar-refractivity contribution in [2.24, 2.45) is 5.92 Å². The summed E-state index contributed by atoms with van der Waals surface area (Å²) < 4.78 is 0. The number of aromatic nitrogens is 2. The number of hydrogen-bond donors (Lipinski definition) is 1. The third-order valence-corrected chi connectivity index (χ3v) is 2.73. The maximum Gasteiger partial charge on any atom is 0.171 e. The van der Waals surface area contributed by atoms with Crippen LogP contribution in [0.25, 0.3) is 10.9 Å². The number of ketones is 1. The third kappa shape index (κ3) is 2.04. The minimum absolute atomic E-state index is 0.227. The molecule has 0 fully saturated rings. The fraction of sp³-hybridized carbons (Fsp3) is 0.250. The van der Waals surface area contributed by atoms with Gasteiger partial charge in [-0.3, -0.25) is 9.89 Å². The van der Waals surface area contributed by atoms with Gasteiger partial charge in [0.15, 0.2) is 5.78 Å². The smallest absolute Gasteiger partial charge is 0.171 e. The van der Waals surface area contributed by atoms with Crippen LogP contribution in [0.15, 0.2) is 24.4 Å². The van der Waals surface area contributed by atoms with E-state index in [0.29, 0.717) is 5.56 Å². The molecule has 0 aliphatic rings. The number of rotatable bonds is 4. The van der Waals surface area contributed by atoms with Crippen LogP contribution < -0.4 is 5.11 Å². The van der Waals surface area contributed by atoms with Gasteiger partial charge >= 0.3 is 0 Å². The van der Waals surface area contributed by atoms with Crippen LogP contribution in [0.4, 0.5) is 0 Å². The topological polar surface area (TPSA) is 85.9 Å². The van der Waals surface area contributed by atoms with E-state index in [1.807, 2.05) is 0 Å². The number of fused-ring (bicyclic) bond motifs is 1. The second-order valence-electron chi connectivity index (χ2n) is 3.82. The Hall–Kier alpha value is -2.17. The summed E-state index contributed by atoms with van der Waals surface area (Å²) in [5.74, 6) is -2.83. The molecule has 5 heteroatoms. The van der Waals surface area contributed by atoms with Crippen molar-refractivity contribution in [1.29, 1.82) is 0 Å². The van der Waals surface area contributed by atoms with Gasteiger partial charge in [0.05, 0.1) is 23.6 Å². The highest BCUT2D eigenvalue weighted by molar-refractivity contribution is 6.09. The Bertz CT molecular complexity index is 574. The molecular formula is C12H11N2O3-. The van der Waals surface area contributed by atoms with Gasteiger partial charge in [0.25, 0.3) is 0 Å². The first-order chi connectivity index (χ1) is 8.13. The summed E-state index contributed by atoms with van der Waals surface area (Å²) in [7, 11) is 0. The first-order valence-electron chi connectivity index (χ1n) is 5.31. The summed E-state index contributed by atoms with van der Waals surface area (Å²) in [5.41, 5.74) is 1.18. The monoisotopic (exact) mass is 231 g/mol. The molecule has 1 N–H and O–H groups in total. The van der Waals surface area contributed by atoms with Crippen molar-refractivity contribution in [1.82, 2.24) is 10.2 Å². The highest BCUT2D eigenvalue weighted by Gasteiger charge is 2.19. The summed E-state index contributed by atoms with van der Waals surface area (Å²) >= 11 is 0. The summed E-state index contributed by atoms with van der Waals surface area (Å²) in [4.78, 5) is 22.7. The molecule has 1 aromatic carbocycles. The van der Waals surface area contributed by atoms with E-state index in [4.69, 9.17) is 0 Å². The summed E-state index contributed by atoms with van der Waals surface area (Å²) in [6, 6.07) is 4.93. The van der Waals surface area contributed by atoms with Crippen molar-refractivity contribution in [3.05, 3.63) is 30.0 Å². The Morgan fingerprint density at radius 2 is 2.24 bits per heavy atom. The van der Waals surface area contributed by atoms with E-state index in [-0.39, 0.29) is 6.42 Å². The van der Waals surface area contributed by atoms with E-state index in [2.05, 4.69) is 10.2 Å². The minimum atomic E-state index is -1.33. The van der Waals surface area contributed by atoms with Crippen LogP contribution in [0, 0.1) is 5.92 Å². The molecule has 0 radical (unpaired) electrons. The van der Waals surface area contributed by atoms with Gasteiger partial charge < -0.3 is 9.90 Å². The van der Waals surface area contributed by atoms with Crippen molar-refractivity contribution >= 4 is 22.7 Å². The predicted molar refractivity (Wildman–Crippen MR) is 59.2 cm³/mol. The van der Waals surface area contributed by atoms with Crippen molar-refractivity contribution in [3.63, 3.8) is 0 Å². The zero-order valence-corrected chi connectivity index (χ0v) is 9.27. The summed E-state index contributed by atoms with van der Waals surface area (Å²) in [6.45, 7) is 1.65. The van der Waals surface area contributed by atoms with E-state index in [0.717, 1.165) is 10.9 Å². The normalized spacial score (nSPS) is 12.5. The second kappa shape index (κ2) is 4.37. The first-order valence-corrected chi connectivity index (χ1v) is 5.31. The molecule has 0 amide bonds. The Labute approximate surface area is 97.5 Å². The maximum atomic E-state index is 11.9. The molecule has 88 valence electrons. The number of carbonyl (C=O) groups excluding carboxylic acids is 2. The standard InChI is InChI=1S/C12H12N2O3/c1-2-9(12(16)17)11(15)7-3-4-10-8(5-7)6-13-14-10/h3-6,9H,2H2,1H3,(H,13,14)(H,16,17)/p-1. The number of carboxylic acids is 1. The molecule has 0 aliphatic heterocycles. The first kappa shape index (κ1) is 11.3.